The summed E-state index contributed by atoms with van der Waals surface area (Å²) in [6.45, 7) is 1.97. The molecule has 0 saturated carbocycles. The van der Waals surface area contributed by atoms with Gasteiger partial charge < -0.3 is 8.98 Å². The number of hydrogen-bond donors (Lipinski definition) is 0. The predicted octanol–water partition coefficient (Wildman–Crippen LogP) is 10.9. The molecular weight excluding hydrogens is 877 g/mol. The topological polar surface area (TPSA) is 56.7 Å². The molecule has 0 atom stereocenters. The first-order valence-corrected chi connectivity index (χ1v) is 24.5. The van der Waals surface area contributed by atoms with Gasteiger partial charge in [0.1, 0.15) is 0 Å². The summed E-state index contributed by atoms with van der Waals surface area (Å²) in [4.78, 5) is 14.2. The minimum atomic E-state index is -1.72. The van der Waals surface area contributed by atoms with Crippen LogP contribution >= 0.6 is 0 Å². The number of benzene rings is 5. The van der Waals surface area contributed by atoms with Gasteiger partial charge in [0.25, 0.3) is 0 Å². The molecule has 9 rings (SSSR count). The van der Waals surface area contributed by atoms with E-state index in [9.17, 15) is 0 Å². The maximum atomic E-state index is 6.01. The van der Waals surface area contributed by atoms with Crippen molar-refractivity contribution in [2.45, 2.75) is 24.2 Å². The van der Waals surface area contributed by atoms with Crippen LogP contribution in [0.5, 0.6) is 0 Å². The summed E-state index contributed by atoms with van der Waals surface area (Å²) in [5, 5.41) is 2.00. The van der Waals surface area contributed by atoms with Crippen LogP contribution in [-0.4, -0.2) is 32.8 Å². The molecule has 0 aliphatic carbocycles. The minimum Gasteiger partial charge on any atom is 0 e. The number of aryl methyl sites for hydroxylation is 1. The van der Waals surface area contributed by atoms with Gasteiger partial charge >= 0.3 is 99.8 Å². The number of aromatic nitrogens is 4. The molecule has 257 valence electrons. The molecule has 0 bridgehead atoms. The van der Waals surface area contributed by atoms with Gasteiger partial charge in [-0.15, -0.1) is 23.8 Å². The molecule has 4 heterocycles. The number of furan rings is 1. The first-order valence-electron chi connectivity index (χ1n) is 17.1. The Kier molecular flexibility index (Phi) is 10.1. The number of pyridine rings is 2. The van der Waals surface area contributed by atoms with Crippen LogP contribution in [0, 0.1) is 19.1 Å². The van der Waals surface area contributed by atoms with Crippen LogP contribution in [0.15, 0.2) is 150 Å². The number of rotatable bonds is 5. The Labute approximate surface area is 320 Å². The molecule has 0 aliphatic heterocycles. The van der Waals surface area contributed by atoms with Crippen molar-refractivity contribution < 1.29 is 24.5 Å². The standard InChI is InChI=1S/C31H20N3O.C14H16GeN.Ir/c1-20-15-17-24-25-19-22(16-18-29(25)35-31(24)32-20)30-33-26-12-6-8-14-28(26)34(30)27-13-7-5-11-23(27)21-9-3-2-4-10-21;1-15(2,3)13-9-10-14(16-11-13)12-7-5-4-6-8-12;/h2-15,17-19H,1H3;4-7,9-11H,1-3H3;/q2*-1;. The van der Waals surface area contributed by atoms with Gasteiger partial charge in [-0.25, -0.2) is 4.98 Å². The number of para-hydroxylation sites is 3. The van der Waals surface area contributed by atoms with Crippen LogP contribution in [0.3, 0.4) is 0 Å². The van der Waals surface area contributed by atoms with Crippen LogP contribution in [0.1, 0.15) is 5.69 Å². The van der Waals surface area contributed by atoms with Crippen LogP contribution in [0.4, 0.5) is 0 Å². The van der Waals surface area contributed by atoms with Gasteiger partial charge in [-0.3, -0.25) is 4.98 Å². The van der Waals surface area contributed by atoms with Gasteiger partial charge in [0.2, 0.25) is 5.71 Å². The van der Waals surface area contributed by atoms with Crippen molar-refractivity contribution in [2.75, 3.05) is 0 Å². The molecule has 0 saturated heterocycles. The molecule has 52 heavy (non-hydrogen) atoms. The Balaban J connectivity index is 0.000000209. The van der Waals surface area contributed by atoms with Gasteiger partial charge in [-0.05, 0) is 42.8 Å². The summed E-state index contributed by atoms with van der Waals surface area (Å²) in [5.41, 5.74) is 10.7. The van der Waals surface area contributed by atoms with Gasteiger partial charge in [0, 0.05) is 42.4 Å². The fourth-order valence-electron chi connectivity index (χ4n) is 6.35. The van der Waals surface area contributed by atoms with Gasteiger partial charge in [0.05, 0.1) is 22.4 Å². The molecule has 0 aliphatic rings. The molecule has 0 spiro atoms. The largest absolute Gasteiger partial charge is 0 e. The molecule has 1 radical (unpaired) electrons. The zero-order valence-corrected chi connectivity index (χ0v) is 33.9. The first-order chi connectivity index (χ1) is 24.8. The van der Waals surface area contributed by atoms with Crippen LogP contribution < -0.4 is 4.40 Å². The Morgan fingerprint density at radius 2 is 1.46 bits per heavy atom. The van der Waals surface area contributed by atoms with Crippen molar-refractivity contribution in [2.24, 2.45) is 0 Å². The molecular formula is C45H36GeIrN4O-2. The van der Waals surface area contributed by atoms with Crippen LogP contribution in [0.25, 0.3) is 72.6 Å². The van der Waals surface area contributed by atoms with E-state index in [0.29, 0.717) is 5.71 Å². The summed E-state index contributed by atoms with van der Waals surface area (Å²) in [6, 6.07) is 54.2. The molecule has 0 amide bonds. The van der Waals surface area contributed by atoms with Crippen molar-refractivity contribution in [3.05, 3.63) is 164 Å². The molecule has 5 aromatic carbocycles. The number of fused-ring (bicyclic) bond motifs is 4. The van der Waals surface area contributed by atoms with Crippen LogP contribution in [-0.2, 0) is 20.1 Å². The van der Waals surface area contributed by atoms with E-state index >= 15 is 0 Å². The summed E-state index contributed by atoms with van der Waals surface area (Å²) < 4.78 is 9.69. The van der Waals surface area contributed by atoms with E-state index < -0.39 is 13.3 Å². The average Bonchev–Trinajstić information content (AvgIpc) is 3.73. The van der Waals surface area contributed by atoms with Crippen molar-refractivity contribution in [1.82, 2.24) is 19.5 Å². The van der Waals surface area contributed by atoms with Crippen LogP contribution in [0.2, 0.25) is 17.3 Å². The minimum absolute atomic E-state index is 0. The second kappa shape index (κ2) is 14.8. The van der Waals surface area contributed by atoms with Crippen molar-refractivity contribution in [3.63, 3.8) is 0 Å². The molecule has 9 aromatic rings. The Morgan fingerprint density at radius 1 is 0.692 bits per heavy atom. The first kappa shape index (κ1) is 35.3. The third-order valence-electron chi connectivity index (χ3n) is 9.06. The monoisotopic (exact) mass is 915 g/mol. The summed E-state index contributed by atoms with van der Waals surface area (Å²) in [6.07, 6.45) is 2.04. The Morgan fingerprint density at radius 3 is 2.23 bits per heavy atom. The molecule has 0 fully saturated rings. The van der Waals surface area contributed by atoms with Crippen molar-refractivity contribution in [1.29, 1.82) is 0 Å². The van der Waals surface area contributed by atoms with E-state index in [0.717, 1.165) is 72.5 Å². The van der Waals surface area contributed by atoms with E-state index in [1.807, 2.05) is 61.7 Å². The van der Waals surface area contributed by atoms with Crippen molar-refractivity contribution in [3.8, 4) is 39.5 Å². The summed E-state index contributed by atoms with van der Waals surface area (Å²) >= 11 is -1.72. The quantitative estimate of drug-likeness (QED) is 0.128. The maximum absolute atomic E-state index is 6.01. The second-order valence-electron chi connectivity index (χ2n) is 13.6. The number of hydrogen-bond acceptors (Lipinski definition) is 4. The predicted molar refractivity (Wildman–Crippen MR) is 212 cm³/mol. The maximum Gasteiger partial charge on any atom is 0 e. The van der Waals surface area contributed by atoms with E-state index in [1.165, 1.54) is 4.40 Å². The zero-order valence-electron chi connectivity index (χ0n) is 29.4. The van der Waals surface area contributed by atoms with E-state index in [1.54, 1.807) is 0 Å². The Hall–Kier alpha value is -5.14. The molecule has 4 aromatic heterocycles. The molecule has 7 heteroatoms. The third-order valence-corrected chi connectivity index (χ3v) is 13.3. The van der Waals surface area contributed by atoms with E-state index in [-0.39, 0.29) is 20.1 Å². The summed E-state index contributed by atoms with van der Waals surface area (Å²) in [5.74, 6) is 7.98. The smallest absolute Gasteiger partial charge is 0 e. The van der Waals surface area contributed by atoms with Gasteiger partial charge in [-0.2, -0.15) is 0 Å². The fraction of sp³-hybridized carbons (Fsp3) is 0.0889. The average molecular weight is 914 g/mol. The van der Waals surface area contributed by atoms with E-state index in [4.69, 9.17) is 9.40 Å². The normalized spacial score (nSPS) is 11.3. The number of nitrogens with zero attached hydrogens (tertiary/aromatic N) is 4. The SMILES string of the molecule is Cc1ccc2c(n1)oc1c[c-]c(-c3nc4ccccc4n3-c3ccccc3-c3ccccc3)cc12.[CH3][Ge]([CH3])([CH3])[c]1ccc(-c2[c-]cccc2)nc1.[Ir]. The molecule has 0 unspecified atom stereocenters. The van der Waals surface area contributed by atoms with E-state index in [2.05, 4.69) is 135 Å². The number of imidazole rings is 1. The summed E-state index contributed by atoms with van der Waals surface area (Å²) in [7, 11) is 0. The van der Waals surface area contributed by atoms with Gasteiger partial charge in [0.15, 0.2) is 0 Å². The third kappa shape index (κ3) is 7.02. The Bertz CT molecular complexity index is 2630. The zero-order chi connectivity index (χ0) is 35.0. The molecule has 5 nitrogen and oxygen atoms in total. The fourth-order valence-corrected chi connectivity index (χ4v) is 8.52. The van der Waals surface area contributed by atoms with Crippen molar-refractivity contribution >= 4 is 50.8 Å². The molecule has 0 N–H and O–H groups in total. The second-order valence-corrected chi connectivity index (χ2v) is 24.3. The van der Waals surface area contributed by atoms with Gasteiger partial charge in [-0.1, -0.05) is 66.0 Å².